The van der Waals surface area contributed by atoms with Gasteiger partial charge in [0.1, 0.15) is 18.7 Å². The van der Waals surface area contributed by atoms with Crippen molar-refractivity contribution in [2.45, 2.75) is 64.7 Å². The number of rotatable bonds is 12. The second-order valence-electron chi connectivity index (χ2n) is 6.71. The van der Waals surface area contributed by atoms with Gasteiger partial charge >= 0.3 is 21.8 Å². The van der Waals surface area contributed by atoms with Crippen LogP contribution in [0.1, 0.15) is 58.6 Å². The van der Waals surface area contributed by atoms with Gasteiger partial charge in [-0.1, -0.05) is 26.7 Å². The molecule has 0 aliphatic carbocycles. The molecule has 1 aliphatic heterocycles. The monoisotopic (exact) mass is 484 g/mol. The van der Waals surface area contributed by atoms with Crippen LogP contribution in [0.25, 0.3) is 0 Å². The number of nitrogens with two attached hydrogens (primary N) is 1. The highest BCUT2D eigenvalue weighted by molar-refractivity contribution is 7.47. The van der Waals surface area contributed by atoms with Gasteiger partial charge in [0.25, 0.3) is 0 Å². The van der Waals surface area contributed by atoms with E-state index in [1.165, 1.54) is 16.8 Å². The van der Waals surface area contributed by atoms with Crippen molar-refractivity contribution in [2.75, 3.05) is 25.6 Å². The van der Waals surface area contributed by atoms with Crippen LogP contribution in [0, 0.1) is 0 Å². The lowest BCUT2D eigenvalue weighted by Gasteiger charge is -2.17. The molecule has 1 saturated heterocycles. The topological polar surface area (TPSA) is 172 Å². The van der Waals surface area contributed by atoms with Crippen molar-refractivity contribution in [3.8, 4) is 0 Å². The second kappa shape index (κ2) is 14.8. The molecule has 1 aromatic rings. The van der Waals surface area contributed by atoms with E-state index in [-0.39, 0.29) is 25.1 Å². The highest BCUT2D eigenvalue weighted by Crippen LogP contribution is 2.44. The van der Waals surface area contributed by atoms with Crippen LogP contribution in [-0.4, -0.2) is 45.3 Å². The Kier molecular flexibility index (Phi) is 13.2. The molecule has 0 spiro atoms. The molecule has 14 heteroatoms. The SMILES string of the molecule is CCCCOP(=O)(O)OCC1CCC(n2ccc(N)nc2=O)O1.CCCCO[P+](=O)O. The summed E-state index contributed by atoms with van der Waals surface area (Å²) in [6.07, 6.45) is 5.19. The molecule has 1 fully saturated rings. The van der Waals surface area contributed by atoms with E-state index in [0.717, 1.165) is 19.3 Å². The highest BCUT2D eigenvalue weighted by atomic mass is 31.2. The Morgan fingerprint density at radius 3 is 2.58 bits per heavy atom. The largest absolute Gasteiger partial charge is 0.694 e. The Bertz CT molecular complexity index is 777. The molecule has 0 bridgehead atoms. The summed E-state index contributed by atoms with van der Waals surface area (Å²) >= 11 is 0. The zero-order valence-electron chi connectivity index (χ0n) is 17.8. The average Bonchev–Trinajstić information content (AvgIpc) is 3.16. The molecule has 4 unspecified atom stereocenters. The summed E-state index contributed by atoms with van der Waals surface area (Å²) in [4.78, 5) is 33.0. The van der Waals surface area contributed by atoms with Gasteiger partial charge in [0.2, 0.25) is 0 Å². The number of phosphoric acid groups is 1. The average molecular weight is 484 g/mol. The van der Waals surface area contributed by atoms with Gasteiger partial charge in [-0.25, -0.2) is 9.36 Å². The lowest BCUT2D eigenvalue weighted by Crippen LogP contribution is -2.27. The number of hydrogen-bond donors (Lipinski definition) is 3. The maximum absolute atomic E-state index is 11.8. The molecule has 4 N–H and O–H groups in total. The second-order valence-corrected chi connectivity index (χ2v) is 8.90. The van der Waals surface area contributed by atoms with Gasteiger partial charge < -0.3 is 15.4 Å². The third-order valence-corrected chi connectivity index (χ3v) is 5.51. The zero-order valence-corrected chi connectivity index (χ0v) is 19.6. The first-order chi connectivity index (χ1) is 14.7. The Labute approximate surface area is 182 Å². The van der Waals surface area contributed by atoms with Gasteiger partial charge in [-0.05, 0) is 31.7 Å². The summed E-state index contributed by atoms with van der Waals surface area (Å²) < 4.78 is 42.6. The lowest BCUT2D eigenvalue weighted by atomic mass is 10.2. The molecule has 0 amide bonds. The summed E-state index contributed by atoms with van der Waals surface area (Å²) in [6.45, 7) is 4.43. The number of phosphoric ester groups is 1. The smallest absolute Gasteiger partial charge is 0.383 e. The van der Waals surface area contributed by atoms with E-state index in [0.29, 0.717) is 25.9 Å². The normalized spacial score (nSPS) is 20.6. The van der Waals surface area contributed by atoms with Gasteiger partial charge in [-0.3, -0.25) is 13.6 Å². The Hall–Kier alpha value is -1.23. The summed E-state index contributed by atoms with van der Waals surface area (Å²) in [6, 6.07) is 1.51. The van der Waals surface area contributed by atoms with E-state index >= 15 is 0 Å². The standard InChI is InChI=1S/C13H22N3O6P.C4H9O3P/c1-2-3-8-20-23(18,19)21-9-10-4-5-12(22-10)16-7-6-11(14)15-13(16)17;1-2-3-4-7-8(5)6/h6-7,10,12H,2-5,8-9H2,1H3,(H,18,19)(H2,14,15,17);2-4H2,1H3/p+1. The molecule has 2 heterocycles. The molecule has 2 rings (SSSR count). The number of nitrogens with zero attached hydrogens (tertiary/aromatic N) is 2. The van der Waals surface area contributed by atoms with Crippen molar-refractivity contribution < 1.29 is 37.2 Å². The van der Waals surface area contributed by atoms with Gasteiger partial charge in [0, 0.05) is 10.8 Å². The molecule has 0 saturated carbocycles. The predicted octanol–water partition coefficient (Wildman–Crippen LogP) is 2.89. The minimum Gasteiger partial charge on any atom is -0.383 e. The van der Waals surface area contributed by atoms with E-state index < -0.39 is 28.0 Å². The fourth-order valence-corrected chi connectivity index (χ4v) is 3.56. The molecular weight excluding hydrogens is 452 g/mol. The molecule has 1 aliphatic rings. The van der Waals surface area contributed by atoms with Crippen LogP contribution >= 0.6 is 16.1 Å². The number of unbranched alkanes of at least 4 members (excludes halogenated alkanes) is 2. The quantitative estimate of drug-likeness (QED) is 0.294. The molecule has 0 radical (unpaired) electrons. The first-order valence-corrected chi connectivity index (χ1v) is 12.7. The summed E-state index contributed by atoms with van der Waals surface area (Å²) in [5, 5.41) is 0. The van der Waals surface area contributed by atoms with Crippen LogP contribution in [0.3, 0.4) is 0 Å². The molecule has 4 atom stereocenters. The molecule has 178 valence electrons. The summed E-state index contributed by atoms with van der Waals surface area (Å²) in [5.41, 5.74) is 4.95. The molecular formula is C17H32N3O9P2+. The van der Waals surface area contributed by atoms with E-state index in [1.54, 1.807) is 0 Å². The van der Waals surface area contributed by atoms with E-state index in [2.05, 4.69) is 9.51 Å². The van der Waals surface area contributed by atoms with Gasteiger partial charge in [-0.2, -0.15) is 4.98 Å². The minimum atomic E-state index is -4.06. The van der Waals surface area contributed by atoms with Crippen molar-refractivity contribution >= 4 is 21.9 Å². The lowest BCUT2D eigenvalue weighted by molar-refractivity contribution is -0.0259. The van der Waals surface area contributed by atoms with E-state index in [4.69, 9.17) is 24.4 Å². The van der Waals surface area contributed by atoms with Gasteiger partial charge in [0.05, 0.1) is 19.3 Å². The Balaban J connectivity index is 0.000000512. The molecule has 31 heavy (non-hydrogen) atoms. The van der Waals surface area contributed by atoms with Crippen molar-refractivity contribution in [1.29, 1.82) is 0 Å². The van der Waals surface area contributed by atoms with E-state index in [1.807, 2.05) is 13.8 Å². The number of nitrogen functional groups attached to an aromatic ring is 1. The van der Waals surface area contributed by atoms with Crippen LogP contribution in [0.2, 0.25) is 0 Å². The van der Waals surface area contributed by atoms with Crippen molar-refractivity contribution in [1.82, 2.24) is 9.55 Å². The van der Waals surface area contributed by atoms with E-state index in [9.17, 15) is 18.8 Å². The zero-order chi connectivity index (χ0) is 23.3. The number of anilines is 1. The third kappa shape index (κ3) is 11.8. The Morgan fingerprint density at radius 2 is 1.97 bits per heavy atom. The first kappa shape index (κ1) is 27.8. The molecule has 1 aromatic heterocycles. The minimum absolute atomic E-state index is 0.0758. The van der Waals surface area contributed by atoms with Gasteiger partial charge in [0.15, 0.2) is 0 Å². The van der Waals surface area contributed by atoms with Crippen molar-refractivity contribution in [2.24, 2.45) is 0 Å². The Morgan fingerprint density at radius 1 is 1.29 bits per heavy atom. The van der Waals surface area contributed by atoms with Crippen LogP contribution in [-0.2, 0) is 27.4 Å². The molecule has 0 aromatic carbocycles. The summed E-state index contributed by atoms with van der Waals surface area (Å²) in [5.74, 6) is 0.148. The maximum atomic E-state index is 11.8. The predicted molar refractivity (Wildman–Crippen MR) is 113 cm³/mol. The third-order valence-electron chi connectivity index (χ3n) is 4.12. The number of hydrogen-bond acceptors (Lipinski definition) is 9. The van der Waals surface area contributed by atoms with Crippen molar-refractivity contribution in [3.63, 3.8) is 0 Å². The van der Waals surface area contributed by atoms with Crippen LogP contribution < -0.4 is 11.4 Å². The van der Waals surface area contributed by atoms with Crippen LogP contribution in [0.15, 0.2) is 17.1 Å². The van der Waals surface area contributed by atoms with Gasteiger partial charge in [-0.15, -0.1) is 9.42 Å². The fraction of sp³-hybridized carbons (Fsp3) is 0.765. The van der Waals surface area contributed by atoms with Crippen LogP contribution in [0.4, 0.5) is 5.82 Å². The number of ether oxygens (including phenoxy) is 1. The highest BCUT2D eigenvalue weighted by Gasteiger charge is 2.30. The summed E-state index contributed by atoms with van der Waals surface area (Å²) in [7, 11) is -6.42. The first-order valence-electron chi connectivity index (χ1n) is 10.1. The molecule has 12 nitrogen and oxygen atoms in total. The maximum Gasteiger partial charge on any atom is 0.694 e. The fourth-order valence-electron chi connectivity index (χ4n) is 2.48. The number of aromatic nitrogens is 2. The van der Waals surface area contributed by atoms with Crippen LogP contribution in [0.5, 0.6) is 0 Å². The van der Waals surface area contributed by atoms with Crippen molar-refractivity contribution in [3.05, 3.63) is 22.7 Å².